The highest BCUT2D eigenvalue weighted by atomic mass is 35.5. The molecule has 1 atom stereocenters. The van der Waals surface area contributed by atoms with E-state index in [4.69, 9.17) is 17.3 Å². The Kier molecular flexibility index (Phi) is 8.15. The molecular formula is C26H19ClF7N5O2. The van der Waals surface area contributed by atoms with Gasteiger partial charge in [-0.25, -0.2) is 22.5 Å². The number of nitrogen functional groups attached to an aromatic ring is 1. The van der Waals surface area contributed by atoms with Crippen LogP contribution in [0, 0.1) is 11.6 Å². The lowest BCUT2D eigenvalue weighted by atomic mass is 9.95. The van der Waals surface area contributed by atoms with Crippen LogP contribution in [0.1, 0.15) is 43.4 Å². The van der Waals surface area contributed by atoms with E-state index in [1.54, 1.807) is 13.1 Å². The third-order valence-corrected chi connectivity index (χ3v) is 6.49. The van der Waals surface area contributed by atoms with Crippen molar-refractivity contribution in [1.82, 2.24) is 14.9 Å². The minimum Gasteiger partial charge on any atom is -0.388 e. The molecule has 0 spiro atoms. The molecule has 0 fully saturated rings. The van der Waals surface area contributed by atoms with Gasteiger partial charge in [0.25, 0.3) is 12.3 Å². The Morgan fingerprint density at radius 2 is 1.85 bits per heavy atom. The van der Waals surface area contributed by atoms with Gasteiger partial charge in [-0.15, -0.1) is 0 Å². The fourth-order valence-electron chi connectivity index (χ4n) is 4.45. The second kappa shape index (κ2) is 11.3. The quantitative estimate of drug-likeness (QED) is 0.187. The summed E-state index contributed by atoms with van der Waals surface area (Å²) in [7, 11) is 1.63. The van der Waals surface area contributed by atoms with Gasteiger partial charge in [0, 0.05) is 34.4 Å². The van der Waals surface area contributed by atoms with E-state index in [1.807, 2.05) is 0 Å². The van der Waals surface area contributed by atoms with Gasteiger partial charge in [-0.2, -0.15) is 13.2 Å². The lowest BCUT2D eigenvalue weighted by Crippen LogP contribution is -2.20. The molecule has 1 amide bonds. The second-order valence-corrected chi connectivity index (χ2v) is 9.17. The van der Waals surface area contributed by atoms with E-state index in [9.17, 15) is 40.3 Å². The molecule has 0 aliphatic carbocycles. The predicted molar refractivity (Wildman–Crippen MR) is 137 cm³/mol. The lowest BCUT2D eigenvalue weighted by Gasteiger charge is -2.17. The van der Waals surface area contributed by atoms with Crippen LogP contribution in [0.3, 0.4) is 0 Å². The maximum Gasteiger partial charge on any atom is 0.416 e. The van der Waals surface area contributed by atoms with Crippen LogP contribution in [0.5, 0.6) is 0 Å². The van der Waals surface area contributed by atoms with E-state index in [2.05, 4.69) is 15.6 Å². The number of rotatable bonds is 5. The molecule has 1 aliphatic rings. The SMILES string of the molecule is CNc1cc2c(nc(N)n2CC(F)F)c2c1C(c1cc(F)ccc1Cl)NC2=O.O=Cc1cc(F)cc(C(F)(F)F)c1. The summed E-state index contributed by atoms with van der Waals surface area (Å²) in [5, 5.41) is 6.02. The van der Waals surface area contributed by atoms with Gasteiger partial charge in [0.1, 0.15) is 23.4 Å². The predicted octanol–water partition coefficient (Wildman–Crippen LogP) is 6.21. The van der Waals surface area contributed by atoms with E-state index in [0.29, 0.717) is 34.5 Å². The van der Waals surface area contributed by atoms with Gasteiger partial charge >= 0.3 is 6.18 Å². The zero-order valence-corrected chi connectivity index (χ0v) is 21.5. The minimum absolute atomic E-state index is 0.120. The average molecular weight is 602 g/mol. The number of carbonyl (C=O) groups is 2. The van der Waals surface area contributed by atoms with Gasteiger partial charge in [0.15, 0.2) is 0 Å². The first-order chi connectivity index (χ1) is 19.2. The van der Waals surface area contributed by atoms with Gasteiger partial charge in [0.05, 0.1) is 29.2 Å². The fourth-order valence-corrected chi connectivity index (χ4v) is 4.67. The van der Waals surface area contributed by atoms with Crippen LogP contribution in [-0.4, -0.2) is 35.2 Å². The van der Waals surface area contributed by atoms with Gasteiger partial charge in [0.2, 0.25) is 5.95 Å². The van der Waals surface area contributed by atoms with Crippen LogP contribution in [0.25, 0.3) is 11.0 Å². The minimum atomic E-state index is -4.63. The van der Waals surface area contributed by atoms with Crippen molar-refractivity contribution < 1.29 is 40.3 Å². The number of nitrogens with two attached hydrogens (primary N) is 1. The van der Waals surface area contributed by atoms with Crippen LogP contribution in [-0.2, 0) is 12.7 Å². The standard InChI is InChI=1S/C18H15ClF3N5O.C8H4F4O/c1-24-10-5-11-16(26-18(23)27(11)6-12(21)22)14-13(10)15(25-17(14)28)8-4-7(20)2-3-9(8)19;9-7-2-5(4-13)1-6(3-7)8(10,11)12/h2-5,12,15,24H,6H2,1H3,(H2,23,26)(H,25,28);1-4H. The monoisotopic (exact) mass is 601 g/mol. The number of hydrogen-bond acceptors (Lipinski definition) is 5. The molecule has 0 radical (unpaired) electrons. The highest BCUT2D eigenvalue weighted by molar-refractivity contribution is 6.31. The van der Waals surface area contributed by atoms with Gasteiger partial charge in [-0.3, -0.25) is 9.59 Å². The Morgan fingerprint density at radius 1 is 1.15 bits per heavy atom. The molecule has 0 saturated carbocycles. The molecule has 4 aromatic rings. The van der Waals surface area contributed by atoms with Gasteiger partial charge in [-0.1, -0.05) is 11.6 Å². The molecule has 7 nitrogen and oxygen atoms in total. The van der Waals surface area contributed by atoms with Crippen molar-refractivity contribution in [1.29, 1.82) is 0 Å². The second-order valence-electron chi connectivity index (χ2n) is 8.76. The molecule has 1 aromatic heterocycles. The number of anilines is 2. The van der Waals surface area contributed by atoms with E-state index in [0.717, 1.165) is 10.6 Å². The number of halogens is 8. The molecule has 15 heteroatoms. The van der Waals surface area contributed by atoms with Crippen LogP contribution in [0.4, 0.5) is 42.4 Å². The molecule has 1 unspecified atom stereocenters. The first-order valence-corrected chi connectivity index (χ1v) is 12.0. The molecule has 0 bridgehead atoms. The summed E-state index contributed by atoms with van der Waals surface area (Å²) < 4.78 is 89.4. The number of nitrogens with one attached hydrogen (secondary N) is 2. The van der Waals surface area contributed by atoms with Gasteiger partial charge < -0.3 is 20.9 Å². The van der Waals surface area contributed by atoms with E-state index < -0.39 is 48.3 Å². The number of alkyl halides is 5. The summed E-state index contributed by atoms with van der Waals surface area (Å²) in [4.78, 5) is 27.0. The van der Waals surface area contributed by atoms with Crippen molar-refractivity contribution in [2.75, 3.05) is 18.1 Å². The van der Waals surface area contributed by atoms with Crippen molar-refractivity contribution >= 4 is 46.5 Å². The van der Waals surface area contributed by atoms with Crippen molar-refractivity contribution in [3.8, 4) is 0 Å². The molecule has 4 N–H and O–H groups in total. The molecule has 216 valence electrons. The Morgan fingerprint density at radius 3 is 2.46 bits per heavy atom. The normalized spacial score (nSPS) is 14.5. The molecule has 41 heavy (non-hydrogen) atoms. The number of nitrogens with zero attached hydrogens (tertiary/aromatic N) is 2. The van der Waals surface area contributed by atoms with E-state index in [-0.39, 0.29) is 33.9 Å². The summed E-state index contributed by atoms with van der Waals surface area (Å²) in [6.45, 7) is -0.648. The first-order valence-electron chi connectivity index (χ1n) is 11.6. The number of imidazole rings is 1. The summed E-state index contributed by atoms with van der Waals surface area (Å²) in [6, 6.07) is 6.42. The topological polar surface area (TPSA) is 102 Å². The summed E-state index contributed by atoms with van der Waals surface area (Å²) in [5.41, 5.74) is 6.44. The number of aromatic nitrogens is 2. The number of carbonyl (C=O) groups excluding carboxylic acids is 2. The summed E-state index contributed by atoms with van der Waals surface area (Å²) in [5.74, 6) is -2.16. The molecular weight excluding hydrogens is 583 g/mol. The highest BCUT2D eigenvalue weighted by Crippen LogP contribution is 2.43. The number of aldehydes is 1. The van der Waals surface area contributed by atoms with Crippen LogP contribution < -0.4 is 16.4 Å². The maximum atomic E-state index is 13.8. The van der Waals surface area contributed by atoms with Crippen molar-refractivity contribution in [2.24, 2.45) is 0 Å². The number of hydrogen-bond donors (Lipinski definition) is 3. The number of amides is 1. The zero-order valence-electron chi connectivity index (χ0n) is 20.8. The molecule has 0 saturated heterocycles. The molecule has 1 aliphatic heterocycles. The molecule has 2 heterocycles. The van der Waals surface area contributed by atoms with Crippen LogP contribution in [0.2, 0.25) is 5.02 Å². The Hall–Kier alpha value is -4.33. The zero-order chi connectivity index (χ0) is 30.2. The lowest BCUT2D eigenvalue weighted by molar-refractivity contribution is -0.137. The third-order valence-electron chi connectivity index (χ3n) is 6.15. The van der Waals surface area contributed by atoms with Gasteiger partial charge in [-0.05, 0) is 42.5 Å². The van der Waals surface area contributed by atoms with E-state index in [1.165, 1.54) is 18.2 Å². The largest absolute Gasteiger partial charge is 0.416 e. The molecule has 5 rings (SSSR count). The fraction of sp³-hybridized carbons (Fsp3) is 0.192. The number of benzene rings is 3. The number of fused-ring (bicyclic) bond motifs is 3. The summed E-state index contributed by atoms with van der Waals surface area (Å²) in [6.07, 6.45) is -7.10. The Labute approximate surface area is 232 Å². The average Bonchev–Trinajstić information content (AvgIpc) is 3.40. The Balaban J connectivity index is 0.000000251. The Bertz CT molecular complexity index is 1660. The highest BCUT2D eigenvalue weighted by Gasteiger charge is 2.37. The van der Waals surface area contributed by atoms with Crippen molar-refractivity contribution in [2.45, 2.75) is 25.2 Å². The van der Waals surface area contributed by atoms with Crippen LogP contribution in [0.15, 0.2) is 42.5 Å². The van der Waals surface area contributed by atoms with Crippen molar-refractivity contribution in [3.05, 3.63) is 86.9 Å². The first kappa shape index (κ1) is 29.6. The maximum absolute atomic E-state index is 13.8. The van der Waals surface area contributed by atoms with Crippen LogP contribution >= 0.6 is 11.6 Å². The smallest absolute Gasteiger partial charge is 0.388 e. The third kappa shape index (κ3) is 5.92. The van der Waals surface area contributed by atoms with Crippen molar-refractivity contribution in [3.63, 3.8) is 0 Å². The van der Waals surface area contributed by atoms with E-state index >= 15 is 0 Å². The summed E-state index contributed by atoms with van der Waals surface area (Å²) >= 11 is 6.23. The molecule has 3 aromatic carbocycles.